The lowest BCUT2D eigenvalue weighted by molar-refractivity contribution is 0.587. The van der Waals surface area contributed by atoms with E-state index in [1.807, 2.05) is 0 Å². The second-order valence-corrected chi connectivity index (χ2v) is 4.66. The summed E-state index contributed by atoms with van der Waals surface area (Å²) in [7, 11) is 2.13. The van der Waals surface area contributed by atoms with Crippen LogP contribution in [0.4, 0.5) is 5.69 Å². The average Bonchev–Trinajstić information content (AvgIpc) is 2.26. The van der Waals surface area contributed by atoms with Gasteiger partial charge in [-0.3, -0.25) is 0 Å². The van der Waals surface area contributed by atoms with Crippen molar-refractivity contribution in [1.29, 1.82) is 0 Å². The third-order valence-corrected chi connectivity index (χ3v) is 2.94. The molecule has 0 aliphatic rings. The van der Waals surface area contributed by atoms with E-state index in [0.717, 1.165) is 13.1 Å². The number of aryl methyl sites for hydroxylation is 1. The van der Waals surface area contributed by atoms with Crippen LogP contribution < -0.4 is 10.2 Å². The molecule has 1 N–H and O–H groups in total. The summed E-state index contributed by atoms with van der Waals surface area (Å²) in [5, 5.41) is 3.45. The maximum Gasteiger partial charge on any atom is 0.0366 e. The molecular formula is C14H24N2. The Morgan fingerprint density at radius 1 is 1.31 bits per heavy atom. The first-order chi connectivity index (χ1) is 7.54. The van der Waals surface area contributed by atoms with Gasteiger partial charge in [0.05, 0.1) is 0 Å². The molecule has 0 heterocycles. The van der Waals surface area contributed by atoms with Crippen LogP contribution in [0.3, 0.4) is 0 Å². The van der Waals surface area contributed by atoms with Gasteiger partial charge < -0.3 is 10.2 Å². The van der Waals surface area contributed by atoms with Crippen LogP contribution in [-0.4, -0.2) is 19.6 Å². The van der Waals surface area contributed by atoms with Crippen LogP contribution in [0, 0.1) is 6.92 Å². The van der Waals surface area contributed by atoms with Crippen molar-refractivity contribution >= 4 is 5.69 Å². The number of hydrogen-bond donors (Lipinski definition) is 1. The van der Waals surface area contributed by atoms with Gasteiger partial charge in [0.1, 0.15) is 0 Å². The largest absolute Gasteiger partial charge is 0.375 e. The van der Waals surface area contributed by atoms with Crippen molar-refractivity contribution < 1.29 is 0 Å². The van der Waals surface area contributed by atoms with Gasteiger partial charge in [0, 0.05) is 31.9 Å². The SMILES string of the molecule is CCN(C)c1ccc(CNC(C)C)c(C)c1. The molecule has 0 amide bonds. The number of benzene rings is 1. The van der Waals surface area contributed by atoms with Gasteiger partial charge in [-0.25, -0.2) is 0 Å². The maximum atomic E-state index is 3.45. The summed E-state index contributed by atoms with van der Waals surface area (Å²) in [5.41, 5.74) is 4.06. The van der Waals surface area contributed by atoms with Gasteiger partial charge >= 0.3 is 0 Å². The highest BCUT2D eigenvalue weighted by Gasteiger charge is 2.03. The fraction of sp³-hybridized carbons (Fsp3) is 0.571. The number of rotatable bonds is 5. The van der Waals surface area contributed by atoms with Crippen molar-refractivity contribution in [3.63, 3.8) is 0 Å². The van der Waals surface area contributed by atoms with E-state index in [9.17, 15) is 0 Å². The molecule has 0 atom stereocenters. The first-order valence-electron chi connectivity index (χ1n) is 6.08. The van der Waals surface area contributed by atoms with Crippen LogP contribution in [0.1, 0.15) is 31.9 Å². The lowest BCUT2D eigenvalue weighted by Gasteiger charge is -2.19. The van der Waals surface area contributed by atoms with Gasteiger partial charge in [-0.05, 0) is 37.1 Å². The van der Waals surface area contributed by atoms with Gasteiger partial charge in [0.25, 0.3) is 0 Å². The molecule has 16 heavy (non-hydrogen) atoms. The molecule has 2 nitrogen and oxygen atoms in total. The molecule has 0 radical (unpaired) electrons. The van der Waals surface area contributed by atoms with E-state index in [4.69, 9.17) is 0 Å². The molecule has 0 bridgehead atoms. The van der Waals surface area contributed by atoms with Gasteiger partial charge in [-0.15, -0.1) is 0 Å². The predicted molar refractivity (Wildman–Crippen MR) is 72.1 cm³/mol. The van der Waals surface area contributed by atoms with Crippen molar-refractivity contribution in [2.24, 2.45) is 0 Å². The summed E-state index contributed by atoms with van der Waals surface area (Å²) in [5.74, 6) is 0. The number of hydrogen-bond acceptors (Lipinski definition) is 2. The molecule has 1 aromatic rings. The normalized spacial score (nSPS) is 10.9. The quantitative estimate of drug-likeness (QED) is 0.820. The highest BCUT2D eigenvalue weighted by molar-refractivity contribution is 5.50. The number of nitrogens with zero attached hydrogens (tertiary/aromatic N) is 1. The molecule has 0 saturated carbocycles. The fourth-order valence-electron chi connectivity index (χ4n) is 1.61. The van der Waals surface area contributed by atoms with E-state index in [0.29, 0.717) is 6.04 Å². The molecule has 1 aromatic carbocycles. The first kappa shape index (κ1) is 13.0. The maximum absolute atomic E-state index is 3.45. The summed E-state index contributed by atoms with van der Waals surface area (Å²) in [6, 6.07) is 7.23. The van der Waals surface area contributed by atoms with Crippen LogP contribution in [-0.2, 0) is 6.54 Å². The van der Waals surface area contributed by atoms with E-state index >= 15 is 0 Å². The van der Waals surface area contributed by atoms with Crippen molar-refractivity contribution in [2.75, 3.05) is 18.5 Å². The van der Waals surface area contributed by atoms with E-state index in [-0.39, 0.29) is 0 Å². The zero-order chi connectivity index (χ0) is 12.1. The molecule has 90 valence electrons. The molecule has 0 aliphatic carbocycles. The summed E-state index contributed by atoms with van der Waals surface area (Å²) in [6.07, 6.45) is 0. The van der Waals surface area contributed by atoms with Gasteiger partial charge in [-0.1, -0.05) is 19.9 Å². The van der Waals surface area contributed by atoms with Crippen LogP contribution >= 0.6 is 0 Å². The van der Waals surface area contributed by atoms with E-state index < -0.39 is 0 Å². The molecule has 0 spiro atoms. The molecule has 0 fully saturated rings. The van der Waals surface area contributed by atoms with Crippen molar-refractivity contribution in [3.8, 4) is 0 Å². The van der Waals surface area contributed by atoms with Crippen molar-refractivity contribution in [2.45, 2.75) is 40.3 Å². The van der Waals surface area contributed by atoms with Gasteiger partial charge in [0.2, 0.25) is 0 Å². The third kappa shape index (κ3) is 3.53. The number of nitrogens with one attached hydrogen (secondary N) is 1. The molecule has 0 aliphatic heterocycles. The third-order valence-electron chi connectivity index (χ3n) is 2.94. The summed E-state index contributed by atoms with van der Waals surface area (Å²) in [6.45, 7) is 10.7. The van der Waals surface area contributed by atoms with Gasteiger partial charge in [0.15, 0.2) is 0 Å². The Bertz CT molecular complexity index is 332. The smallest absolute Gasteiger partial charge is 0.0366 e. The summed E-state index contributed by atoms with van der Waals surface area (Å²) in [4.78, 5) is 2.26. The topological polar surface area (TPSA) is 15.3 Å². The molecule has 2 heteroatoms. The second-order valence-electron chi connectivity index (χ2n) is 4.66. The minimum Gasteiger partial charge on any atom is -0.375 e. The zero-order valence-electron chi connectivity index (χ0n) is 11.2. The Kier molecular flexibility index (Phi) is 4.81. The summed E-state index contributed by atoms with van der Waals surface area (Å²) >= 11 is 0. The Balaban J connectivity index is 2.75. The Morgan fingerprint density at radius 3 is 2.50 bits per heavy atom. The molecule has 0 aromatic heterocycles. The Labute approximate surface area is 99.7 Å². The average molecular weight is 220 g/mol. The Morgan fingerprint density at radius 2 is 2.00 bits per heavy atom. The van der Waals surface area contributed by atoms with Crippen molar-refractivity contribution in [3.05, 3.63) is 29.3 Å². The van der Waals surface area contributed by atoms with Crippen LogP contribution in [0.15, 0.2) is 18.2 Å². The van der Waals surface area contributed by atoms with E-state index in [1.54, 1.807) is 0 Å². The fourth-order valence-corrected chi connectivity index (χ4v) is 1.61. The molecule has 0 unspecified atom stereocenters. The first-order valence-corrected chi connectivity index (χ1v) is 6.08. The lowest BCUT2D eigenvalue weighted by atomic mass is 10.1. The lowest BCUT2D eigenvalue weighted by Crippen LogP contribution is -2.22. The van der Waals surface area contributed by atoms with Crippen molar-refractivity contribution in [1.82, 2.24) is 5.32 Å². The zero-order valence-corrected chi connectivity index (χ0v) is 11.2. The molecule has 1 rings (SSSR count). The minimum atomic E-state index is 0.539. The minimum absolute atomic E-state index is 0.539. The number of anilines is 1. The molecular weight excluding hydrogens is 196 g/mol. The highest BCUT2D eigenvalue weighted by atomic mass is 15.1. The van der Waals surface area contributed by atoms with E-state index in [1.165, 1.54) is 16.8 Å². The molecule has 0 saturated heterocycles. The van der Waals surface area contributed by atoms with Crippen LogP contribution in [0.5, 0.6) is 0 Å². The van der Waals surface area contributed by atoms with E-state index in [2.05, 4.69) is 63.2 Å². The monoisotopic (exact) mass is 220 g/mol. The summed E-state index contributed by atoms with van der Waals surface area (Å²) < 4.78 is 0. The second kappa shape index (κ2) is 5.90. The standard InChI is InChI=1S/C14H24N2/c1-6-16(5)14-8-7-13(12(4)9-14)10-15-11(2)3/h7-9,11,15H,6,10H2,1-5H3. The highest BCUT2D eigenvalue weighted by Crippen LogP contribution is 2.18. The van der Waals surface area contributed by atoms with Crippen LogP contribution in [0.25, 0.3) is 0 Å². The van der Waals surface area contributed by atoms with Crippen LogP contribution in [0.2, 0.25) is 0 Å². The van der Waals surface area contributed by atoms with Gasteiger partial charge in [-0.2, -0.15) is 0 Å². The Hall–Kier alpha value is -1.02. The predicted octanol–water partition coefficient (Wildman–Crippen LogP) is 2.95.